The molecule has 0 aromatic heterocycles. The highest BCUT2D eigenvalue weighted by molar-refractivity contribution is 7.90. The Labute approximate surface area is 153 Å². The van der Waals surface area contributed by atoms with Crippen molar-refractivity contribution in [1.29, 1.82) is 0 Å². The summed E-state index contributed by atoms with van der Waals surface area (Å²) in [6.45, 7) is 0.245. The molecule has 2 aromatic rings. The average molecular weight is 399 g/mol. The largest absolute Gasteiger partial charge is 0.491 e. The minimum absolute atomic E-state index is 0.107. The van der Waals surface area contributed by atoms with Crippen molar-refractivity contribution < 1.29 is 36.1 Å². The van der Waals surface area contributed by atoms with Crippen LogP contribution in [0.25, 0.3) is 0 Å². The van der Waals surface area contributed by atoms with Crippen LogP contribution in [-0.4, -0.2) is 32.6 Å². The smallest absolute Gasteiger partial charge is 0.423 e. The molecule has 0 radical (unpaired) electrons. The van der Waals surface area contributed by atoms with Gasteiger partial charge in [0.1, 0.15) is 0 Å². The number of alkyl halides is 3. The number of amides is 1. The molecule has 11 heteroatoms. The van der Waals surface area contributed by atoms with E-state index in [1.165, 1.54) is 0 Å². The maximum absolute atomic E-state index is 12.5. The van der Waals surface area contributed by atoms with Crippen LogP contribution in [0.3, 0.4) is 0 Å². The zero-order valence-corrected chi connectivity index (χ0v) is 14.5. The van der Waals surface area contributed by atoms with Crippen molar-refractivity contribution in [1.82, 2.24) is 0 Å². The summed E-state index contributed by atoms with van der Waals surface area (Å²) in [7, 11) is -4.88. The first-order chi connectivity index (χ1) is 12.6. The Hall–Kier alpha value is -2.37. The van der Waals surface area contributed by atoms with Crippen molar-refractivity contribution in [2.24, 2.45) is 0 Å². The lowest BCUT2D eigenvalue weighted by molar-refractivity contribution is -0.167. The highest BCUT2D eigenvalue weighted by Gasteiger charge is 2.38. The summed E-state index contributed by atoms with van der Waals surface area (Å²) in [6.07, 6.45) is -5.04. The predicted octanol–water partition coefficient (Wildman–Crippen LogP) is 1.38. The molecule has 0 atom stereocenters. The molecule has 0 saturated heterocycles. The third-order valence-corrected chi connectivity index (χ3v) is 5.66. The van der Waals surface area contributed by atoms with Crippen LogP contribution in [0.2, 0.25) is 0 Å². The molecule has 0 bridgehead atoms. The van der Waals surface area contributed by atoms with E-state index in [9.17, 15) is 31.4 Å². The fourth-order valence-corrected chi connectivity index (χ4v) is 3.94. The summed E-state index contributed by atoms with van der Waals surface area (Å²) in [6, 6.07) is 9.22. The van der Waals surface area contributed by atoms with Gasteiger partial charge in [-0.3, -0.25) is 4.79 Å². The van der Waals surface area contributed by atoms with E-state index in [0.717, 1.165) is 29.8 Å². The standard InChI is InChI=1S/C16H13BF3NO5S/c18-16(19,20)15(22)21-12-3-5-13(6-4-12)27(24,25)9-10-1-2-11-8-26-17(23)14(11)7-10/h1-7,23H,8-9H2,(H,21,22). The van der Waals surface area contributed by atoms with Gasteiger partial charge in [-0.05, 0) is 40.9 Å². The summed E-state index contributed by atoms with van der Waals surface area (Å²) >= 11 is 0. The second kappa shape index (κ2) is 6.99. The molecule has 0 saturated carbocycles. The Balaban J connectivity index is 1.76. The number of sulfone groups is 1. The SMILES string of the molecule is O=C(Nc1ccc(S(=O)(=O)Cc2ccc3c(c2)B(O)OC3)cc1)C(F)(F)F. The molecule has 0 unspecified atom stereocenters. The monoisotopic (exact) mass is 399 g/mol. The average Bonchev–Trinajstić information content (AvgIpc) is 2.95. The number of fused-ring (bicyclic) bond motifs is 1. The van der Waals surface area contributed by atoms with Gasteiger partial charge in [0.15, 0.2) is 9.84 Å². The van der Waals surface area contributed by atoms with Gasteiger partial charge in [-0.25, -0.2) is 8.42 Å². The summed E-state index contributed by atoms with van der Waals surface area (Å²) in [5.41, 5.74) is 1.54. The van der Waals surface area contributed by atoms with E-state index in [0.29, 0.717) is 11.0 Å². The Morgan fingerprint density at radius 1 is 1.19 bits per heavy atom. The van der Waals surface area contributed by atoms with Crippen LogP contribution in [0.5, 0.6) is 0 Å². The lowest BCUT2D eigenvalue weighted by Crippen LogP contribution is -2.29. The Morgan fingerprint density at radius 3 is 2.48 bits per heavy atom. The van der Waals surface area contributed by atoms with Crippen LogP contribution >= 0.6 is 0 Å². The lowest BCUT2D eigenvalue weighted by atomic mass is 9.79. The minimum atomic E-state index is -5.04. The van der Waals surface area contributed by atoms with Gasteiger partial charge in [-0.2, -0.15) is 13.2 Å². The number of anilines is 1. The normalized spacial score (nSPS) is 14.1. The van der Waals surface area contributed by atoms with Crippen molar-refractivity contribution >= 4 is 34.0 Å². The molecule has 0 spiro atoms. The van der Waals surface area contributed by atoms with Gasteiger partial charge in [0, 0.05) is 5.69 Å². The van der Waals surface area contributed by atoms with Crippen molar-refractivity contribution in [3.05, 3.63) is 53.6 Å². The molecular weight excluding hydrogens is 386 g/mol. The Kier molecular flexibility index (Phi) is 5.02. The number of carbonyl (C=O) groups excluding carboxylic acids is 1. The van der Waals surface area contributed by atoms with E-state index >= 15 is 0 Å². The second-order valence-corrected chi connectivity index (χ2v) is 7.92. The first-order valence-electron chi connectivity index (χ1n) is 7.68. The highest BCUT2D eigenvalue weighted by atomic mass is 32.2. The predicted molar refractivity (Wildman–Crippen MR) is 90.9 cm³/mol. The van der Waals surface area contributed by atoms with Crippen LogP contribution in [0.4, 0.5) is 18.9 Å². The van der Waals surface area contributed by atoms with Gasteiger partial charge >= 0.3 is 19.2 Å². The molecule has 1 amide bonds. The van der Waals surface area contributed by atoms with Crippen molar-refractivity contribution in [3.8, 4) is 0 Å². The fourth-order valence-electron chi connectivity index (χ4n) is 2.60. The summed E-state index contributed by atoms with van der Waals surface area (Å²) in [5, 5.41) is 11.3. The lowest BCUT2D eigenvalue weighted by Gasteiger charge is -2.10. The molecule has 0 fully saturated rings. The number of carbonyl (C=O) groups is 1. The van der Waals surface area contributed by atoms with Crippen molar-refractivity contribution in [3.63, 3.8) is 0 Å². The number of benzene rings is 2. The van der Waals surface area contributed by atoms with Gasteiger partial charge in [-0.15, -0.1) is 0 Å². The molecule has 1 aliphatic rings. The molecule has 3 rings (SSSR count). The van der Waals surface area contributed by atoms with E-state index in [1.807, 2.05) is 0 Å². The van der Waals surface area contributed by atoms with Crippen molar-refractivity contribution in [2.75, 3.05) is 5.32 Å². The summed E-state index contributed by atoms with van der Waals surface area (Å²) < 4.78 is 66.8. The van der Waals surface area contributed by atoms with Gasteiger partial charge in [0.2, 0.25) is 0 Å². The molecular formula is C16H13BF3NO5S. The molecule has 1 heterocycles. The number of hydrogen-bond acceptors (Lipinski definition) is 5. The summed E-state index contributed by atoms with van der Waals surface area (Å²) in [5.74, 6) is -2.50. The highest BCUT2D eigenvalue weighted by Crippen LogP contribution is 2.22. The Morgan fingerprint density at radius 2 is 1.85 bits per heavy atom. The zero-order chi connectivity index (χ0) is 19.8. The first-order valence-corrected chi connectivity index (χ1v) is 9.34. The fraction of sp³-hybridized carbons (Fsp3) is 0.188. The van der Waals surface area contributed by atoms with Gasteiger partial charge in [0.25, 0.3) is 0 Å². The number of rotatable bonds is 4. The van der Waals surface area contributed by atoms with Crippen molar-refractivity contribution in [2.45, 2.75) is 23.4 Å². The van der Waals surface area contributed by atoms with Gasteiger partial charge in [0.05, 0.1) is 17.3 Å². The van der Waals surface area contributed by atoms with Crippen LogP contribution in [0, 0.1) is 0 Å². The molecule has 1 aliphatic heterocycles. The maximum Gasteiger partial charge on any atom is 0.491 e. The number of halogens is 3. The molecule has 142 valence electrons. The van der Waals surface area contributed by atoms with E-state index in [2.05, 4.69) is 0 Å². The number of hydrogen-bond donors (Lipinski definition) is 2. The molecule has 27 heavy (non-hydrogen) atoms. The molecule has 2 aromatic carbocycles. The quantitative estimate of drug-likeness (QED) is 0.758. The van der Waals surface area contributed by atoms with Crippen LogP contribution < -0.4 is 10.8 Å². The van der Waals surface area contributed by atoms with Crippen LogP contribution in [-0.2, 0) is 31.6 Å². The Bertz CT molecular complexity index is 977. The number of nitrogens with one attached hydrogen (secondary N) is 1. The first kappa shape index (κ1) is 19.4. The van der Waals surface area contributed by atoms with E-state index in [1.54, 1.807) is 23.5 Å². The van der Waals surface area contributed by atoms with Crippen LogP contribution in [0.15, 0.2) is 47.4 Å². The van der Waals surface area contributed by atoms with E-state index in [-0.39, 0.29) is 22.9 Å². The molecule has 0 aliphatic carbocycles. The third-order valence-electron chi connectivity index (χ3n) is 3.96. The summed E-state index contributed by atoms with van der Waals surface area (Å²) in [4.78, 5) is 10.8. The van der Waals surface area contributed by atoms with Gasteiger partial charge < -0.3 is 15.0 Å². The maximum atomic E-state index is 12.5. The van der Waals surface area contributed by atoms with E-state index < -0.39 is 29.0 Å². The zero-order valence-electron chi connectivity index (χ0n) is 13.7. The topological polar surface area (TPSA) is 92.7 Å². The van der Waals surface area contributed by atoms with Gasteiger partial charge in [-0.1, -0.05) is 18.2 Å². The second-order valence-electron chi connectivity index (χ2n) is 5.93. The minimum Gasteiger partial charge on any atom is -0.423 e. The third kappa shape index (κ3) is 4.31. The van der Waals surface area contributed by atoms with E-state index in [4.69, 9.17) is 4.65 Å². The molecule has 6 nitrogen and oxygen atoms in total. The van der Waals surface area contributed by atoms with Crippen LogP contribution in [0.1, 0.15) is 11.1 Å². The molecule has 2 N–H and O–H groups in total.